The third kappa shape index (κ3) is 9.78. The van der Waals surface area contributed by atoms with Crippen molar-refractivity contribution < 1.29 is 51.3 Å². The van der Waals surface area contributed by atoms with Gasteiger partial charge in [-0.15, -0.1) is 0 Å². The average Bonchev–Trinajstić information content (AvgIpc) is 4.14. The van der Waals surface area contributed by atoms with Crippen LogP contribution in [0.15, 0.2) is 54.6 Å². The molecule has 7 rings (SSSR count). The number of ether oxygens (including phenoxy) is 3. The van der Waals surface area contributed by atoms with Crippen molar-refractivity contribution in [3.05, 3.63) is 60.4 Å². The number of allylic oxidation sites excluding steroid dienone is 1. The molecule has 1 saturated heterocycles. The van der Waals surface area contributed by atoms with E-state index >= 15 is 9.18 Å². The lowest BCUT2D eigenvalue weighted by atomic mass is 9.85. The molecule has 7 atom stereocenters. The minimum atomic E-state index is -3.97. The van der Waals surface area contributed by atoms with Crippen molar-refractivity contribution in [1.29, 1.82) is 0 Å². The molecule has 2 aliphatic carbocycles. The number of fused-ring (bicyclic) bond motifs is 3. The number of methoxy groups -OCH3 is 1. The van der Waals surface area contributed by atoms with Gasteiger partial charge in [0.25, 0.3) is 5.91 Å². The molecule has 3 aromatic rings. The molecule has 2 aromatic carbocycles. The summed E-state index contributed by atoms with van der Waals surface area (Å²) >= 11 is 0. The number of hydrogen-bond acceptors (Lipinski definition) is 10. The topological polar surface area (TPSA) is 194 Å². The fourth-order valence-electron chi connectivity index (χ4n) is 9.20. The summed E-state index contributed by atoms with van der Waals surface area (Å²) in [6.07, 6.45) is 4.08. The maximum Gasteiger partial charge on any atom is 0.408 e. The zero-order valence-corrected chi connectivity index (χ0v) is 38.5. The summed E-state index contributed by atoms with van der Waals surface area (Å²) in [4.78, 5) is 64.5. The number of nitrogens with zero attached hydrogens (tertiary/aromatic N) is 3. The molecule has 3 fully saturated rings. The maximum absolute atomic E-state index is 15.3. The first-order valence-corrected chi connectivity index (χ1v) is 23.7. The number of sulfonamides is 1. The Morgan fingerprint density at radius 1 is 1.06 bits per heavy atom. The fraction of sp³-hybridized carbons (Fsp3) is 0.553. The highest BCUT2D eigenvalue weighted by Gasteiger charge is 2.62. The Hall–Kier alpha value is -5.45. The molecular weight excluding hydrogens is 846 g/mol. The van der Waals surface area contributed by atoms with Crippen molar-refractivity contribution in [3.8, 4) is 28.6 Å². The van der Waals surface area contributed by atoms with Gasteiger partial charge in [0.05, 0.1) is 30.7 Å². The average molecular weight is 906 g/mol. The molecule has 64 heavy (non-hydrogen) atoms. The van der Waals surface area contributed by atoms with E-state index in [1.165, 1.54) is 24.1 Å². The maximum atomic E-state index is 15.3. The van der Waals surface area contributed by atoms with Crippen molar-refractivity contribution in [2.75, 3.05) is 13.7 Å². The van der Waals surface area contributed by atoms with Gasteiger partial charge in [0.15, 0.2) is 11.6 Å². The van der Waals surface area contributed by atoms with Crippen LogP contribution in [0.4, 0.5) is 9.18 Å². The van der Waals surface area contributed by atoms with Crippen LogP contribution in [0.3, 0.4) is 0 Å². The van der Waals surface area contributed by atoms with Crippen molar-refractivity contribution in [1.82, 2.24) is 24.8 Å². The van der Waals surface area contributed by atoms with Crippen molar-refractivity contribution in [2.45, 2.75) is 134 Å². The van der Waals surface area contributed by atoms with Crippen LogP contribution in [0.25, 0.3) is 22.0 Å². The van der Waals surface area contributed by atoms with E-state index < -0.39 is 86.0 Å². The number of aromatic nitrogens is 1. The first-order valence-electron chi connectivity index (χ1n) is 22.1. The van der Waals surface area contributed by atoms with Crippen molar-refractivity contribution >= 4 is 44.6 Å². The van der Waals surface area contributed by atoms with Crippen LogP contribution in [0.2, 0.25) is 0 Å². The number of amides is 4. The highest BCUT2D eigenvalue weighted by atomic mass is 32.2. The van der Waals surface area contributed by atoms with Crippen LogP contribution in [0.1, 0.15) is 93.4 Å². The molecule has 3 N–H and O–H groups in total. The largest absolute Gasteiger partial charge is 0.497 e. The molecule has 0 unspecified atom stereocenters. The molecule has 2 saturated carbocycles. The second kappa shape index (κ2) is 17.8. The zero-order valence-electron chi connectivity index (χ0n) is 37.7. The normalized spacial score (nSPS) is 27.1. The smallest absolute Gasteiger partial charge is 0.408 e. The fourth-order valence-corrected chi connectivity index (χ4v) is 10.6. The molecule has 1 aromatic heterocycles. The van der Waals surface area contributed by atoms with Gasteiger partial charge in [0.2, 0.25) is 27.7 Å². The summed E-state index contributed by atoms with van der Waals surface area (Å²) in [7, 11) is -2.44. The van der Waals surface area contributed by atoms with E-state index in [2.05, 4.69) is 10.0 Å². The number of nitrogens with one attached hydrogen (secondary N) is 2. The highest BCUT2D eigenvalue weighted by Crippen LogP contribution is 2.46. The molecule has 15 nitrogen and oxygen atoms in total. The van der Waals surface area contributed by atoms with Crippen LogP contribution < -0.4 is 24.2 Å². The minimum absolute atomic E-state index is 0.0644. The van der Waals surface area contributed by atoms with Crippen LogP contribution in [0.5, 0.6) is 17.4 Å². The van der Waals surface area contributed by atoms with Gasteiger partial charge in [-0.2, -0.15) is 0 Å². The number of halogens is 1. The summed E-state index contributed by atoms with van der Waals surface area (Å²) < 4.78 is 61.4. The van der Waals surface area contributed by atoms with Crippen molar-refractivity contribution in [3.63, 3.8) is 0 Å². The predicted molar refractivity (Wildman–Crippen MR) is 238 cm³/mol. The molecule has 4 amide bonds. The first-order chi connectivity index (χ1) is 30.1. The highest BCUT2D eigenvalue weighted by molar-refractivity contribution is 7.91. The van der Waals surface area contributed by atoms with Gasteiger partial charge in [-0.25, -0.2) is 22.6 Å². The van der Waals surface area contributed by atoms with E-state index in [-0.39, 0.29) is 43.0 Å². The van der Waals surface area contributed by atoms with Crippen molar-refractivity contribution in [2.24, 2.45) is 17.8 Å². The monoisotopic (exact) mass is 905 g/mol. The summed E-state index contributed by atoms with van der Waals surface area (Å²) in [5, 5.41) is 14.1. The summed E-state index contributed by atoms with van der Waals surface area (Å²) in [5.41, 5.74) is -1.84. The third-order valence-electron chi connectivity index (χ3n) is 12.7. The predicted octanol–water partition coefficient (Wildman–Crippen LogP) is 6.83. The lowest BCUT2D eigenvalue weighted by Crippen LogP contribution is -2.62. The number of hydrogen-bond donors (Lipinski definition) is 3. The molecule has 0 radical (unpaired) electrons. The van der Waals surface area contributed by atoms with Gasteiger partial charge in [0, 0.05) is 28.8 Å². The van der Waals surface area contributed by atoms with Crippen LogP contribution in [0, 0.1) is 23.6 Å². The second-order valence-electron chi connectivity index (χ2n) is 19.2. The van der Waals surface area contributed by atoms with E-state index in [9.17, 15) is 27.9 Å². The molecule has 346 valence electrons. The lowest BCUT2D eigenvalue weighted by Gasteiger charge is -2.43. The number of rotatable bonds is 10. The number of carbonyl (C=O) groups excluding carboxylic acids is 3. The standard InChI is InChI=1S/C47H60FN5O10S/c1-26(2)62-39-18-13-29(21-36(39)48)37-22-30-20-32(61-8)14-17-35(30)42(49-37)63-33-23-38-41(54)50-47(44(56)51-64(59,60)34-15-16-34)24-31(47)12-10-9-11-27(3)19-28(4)40(43(55)52(38)25-33)53(45(57)58)46(5,6)7/h10,12-14,17-18,20-22,26-28,31,33-34,38,40H,9,11,15-16,19,23-25H2,1-8H3,(H,50,54)(H,51,56)(H,57,58)/b12-10-/t27-,28+,31+,33+,38-,40-,47+/m0/s1. The summed E-state index contributed by atoms with van der Waals surface area (Å²) in [6, 6.07) is 9.10. The Kier molecular flexibility index (Phi) is 13.0. The Morgan fingerprint density at radius 3 is 2.44 bits per heavy atom. The van der Waals surface area contributed by atoms with Crippen LogP contribution in [-0.4, -0.2) is 106 Å². The van der Waals surface area contributed by atoms with E-state index in [0.29, 0.717) is 59.9 Å². The molecule has 0 spiro atoms. The quantitative estimate of drug-likeness (QED) is 0.181. The van der Waals surface area contributed by atoms with Gasteiger partial charge in [-0.1, -0.05) is 26.0 Å². The van der Waals surface area contributed by atoms with Gasteiger partial charge < -0.3 is 29.5 Å². The second-order valence-corrected chi connectivity index (χ2v) is 21.2. The van der Waals surface area contributed by atoms with Crippen LogP contribution >= 0.6 is 0 Å². The summed E-state index contributed by atoms with van der Waals surface area (Å²) in [6.45, 7) is 12.5. The van der Waals surface area contributed by atoms with E-state index in [1.54, 1.807) is 65.0 Å². The molecular formula is C47H60FN5O10S. The van der Waals surface area contributed by atoms with E-state index in [1.807, 2.05) is 26.0 Å². The Morgan fingerprint density at radius 2 is 1.80 bits per heavy atom. The molecule has 17 heteroatoms. The Labute approximate surface area is 374 Å². The molecule has 3 heterocycles. The number of carboxylic acid groups (broad SMARTS) is 1. The van der Waals surface area contributed by atoms with Gasteiger partial charge >= 0.3 is 6.09 Å². The van der Waals surface area contributed by atoms with Gasteiger partial charge in [-0.05, 0) is 133 Å². The number of carbonyl (C=O) groups is 4. The Bertz CT molecular complexity index is 2450. The molecule has 4 aliphatic rings. The molecule has 2 aliphatic heterocycles. The lowest BCUT2D eigenvalue weighted by molar-refractivity contribution is -0.146. The van der Waals surface area contributed by atoms with Gasteiger partial charge in [-0.3, -0.25) is 24.0 Å². The van der Waals surface area contributed by atoms with E-state index in [0.717, 1.165) is 4.90 Å². The summed E-state index contributed by atoms with van der Waals surface area (Å²) in [5.74, 6) is -2.91. The number of pyridine rings is 1. The molecule has 0 bridgehead atoms. The SMILES string of the molecule is COc1ccc2c(O[C@@H]3C[C@H]4C(=O)N[C@]5(C(=O)NS(=O)(=O)C6CC6)C[C@H]5/C=C\CC[C@H](C)C[C@@H](C)[C@H](N(C(=O)O)C(C)(C)C)C(=O)N4C3)nc(-c3ccc(OC(C)C)c(F)c3)cc2c1. The zero-order chi connectivity index (χ0) is 46.5. The van der Waals surface area contributed by atoms with Crippen LogP contribution in [-0.2, 0) is 24.4 Å². The Balaban J connectivity index is 1.30. The van der Waals surface area contributed by atoms with Gasteiger partial charge in [0.1, 0.15) is 29.5 Å². The third-order valence-corrected chi connectivity index (χ3v) is 14.5. The van der Waals surface area contributed by atoms with E-state index in [4.69, 9.17) is 19.2 Å². The number of benzene rings is 2. The first kappa shape index (κ1) is 46.5. The minimum Gasteiger partial charge on any atom is -0.497 e.